The number of rotatable bonds is 7. The first kappa shape index (κ1) is 18.4. The SMILES string of the molecule is CCNCc1scc(C)c1S(=O)(=O)N(C)CCC(F)(F)F. The first-order chi connectivity index (χ1) is 9.59. The van der Waals surface area contributed by atoms with Crippen LogP contribution in [0.3, 0.4) is 0 Å². The Kier molecular flexibility index (Phi) is 6.21. The number of thiophene rings is 1. The Morgan fingerprint density at radius 2 is 2.00 bits per heavy atom. The lowest BCUT2D eigenvalue weighted by molar-refractivity contribution is -0.135. The van der Waals surface area contributed by atoms with E-state index in [0.717, 1.165) is 4.31 Å². The molecule has 0 saturated heterocycles. The molecule has 0 radical (unpaired) electrons. The van der Waals surface area contributed by atoms with Gasteiger partial charge < -0.3 is 5.32 Å². The molecule has 1 aromatic rings. The molecule has 0 atom stereocenters. The summed E-state index contributed by atoms with van der Waals surface area (Å²) >= 11 is 1.29. The van der Waals surface area contributed by atoms with E-state index in [0.29, 0.717) is 23.5 Å². The second-order valence-electron chi connectivity index (χ2n) is 4.64. The number of halogens is 3. The average molecular weight is 344 g/mol. The first-order valence-corrected chi connectivity index (χ1v) is 8.72. The highest BCUT2D eigenvalue weighted by atomic mass is 32.2. The van der Waals surface area contributed by atoms with Gasteiger partial charge in [0, 0.05) is 25.0 Å². The highest BCUT2D eigenvalue weighted by Gasteiger charge is 2.32. The molecule has 21 heavy (non-hydrogen) atoms. The van der Waals surface area contributed by atoms with Crippen LogP contribution in [0.1, 0.15) is 23.8 Å². The van der Waals surface area contributed by atoms with Crippen LogP contribution in [0.15, 0.2) is 10.3 Å². The summed E-state index contributed by atoms with van der Waals surface area (Å²) < 4.78 is 62.4. The van der Waals surface area contributed by atoms with Crippen molar-refractivity contribution in [1.82, 2.24) is 9.62 Å². The van der Waals surface area contributed by atoms with Gasteiger partial charge in [-0.1, -0.05) is 6.92 Å². The second-order valence-corrected chi connectivity index (χ2v) is 7.59. The quantitative estimate of drug-likeness (QED) is 0.827. The number of nitrogens with one attached hydrogen (secondary N) is 1. The molecule has 0 bridgehead atoms. The summed E-state index contributed by atoms with van der Waals surface area (Å²) in [5.41, 5.74) is 0.562. The summed E-state index contributed by atoms with van der Waals surface area (Å²) in [4.78, 5) is 0.742. The summed E-state index contributed by atoms with van der Waals surface area (Å²) in [5.74, 6) is 0. The number of nitrogens with zero attached hydrogens (tertiary/aromatic N) is 1. The van der Waals surface area contributed by atoms with Crippen LogP contribution >= 0.6 is 11.3 Å². The molecule has 0 aliphatic heterocycles. The second kappa shape index (κ2) is 7.08. The van der Waals surface area contributed by atoms with Crippen molar-refractivity contribution in [1.29, 1.82) is 0 Å². The van der Waals surface area contributed by atoms with Gasteiger partial charge in [-0.15, -0.1) is 11.3 Å². The van der Waals surface area contributed by atoms with E-state index in [1.54, 1.807) is 12.3 Å². The molecule has 1 heterocycles. The Bertz CT molecular complexity index is 568. The maximum atomic E-state index is 12.5. The average Bonchev–Trinajstić information content (AvgIpc) is 2.74. The van der Waals surface area contributed by atoms with Crippen molar-refractivity contribution >= 4 is 21.4 Å². The molecule has 0 saturated carbocycles. The van der Waals surface area contributed by atoms with Crippen LogP contribution in [-0.4, -0.2) is 39.0 Å². The number of sulfonamides is 1. The van der Waals surface area contributed by atoms with Gasteiger partial charge in [-0.3, -0.25) is 0 Å². The minimum absolute atomic E-state index is 0.123. The Morgan fingerprint density at radius 3 is 2.52 bits per heavy atom. The molecule has 1 rings (SSSR count). The van der Waals surface area contributed by atoms with Gasteiger partial charge in [0.2, 0.25) is 10.0 Å². The summed E-state index contributed by atoms with van der Waals surface area (Å²) in [5, 5.41) is 4.74. The van der Waals surface area contributed by atoms with Crippen molar-refractivity contribution in [3.05, 3.63) is 15.8 Å². The molecule has 4 nitrogen and oxygen atoms in total. The summed E-state index contributed by atoms with van der Waals surface area (Å²) in [6.45, 7) is 4.03. The maximum Gasteiger partial charge on any atom is 0.390 e. The third-order valence-electron chi connectivity index (χ3n) is 2.90. The summed E-state index contributed by atoms with van der Waals surface area (Å²) in [7, 11) is -2.73. The molecule has 1 aromatic heterocycles. The van der Waals surface area contributed by atoms with E-state index < -0.39 is 29.2 Å². The van der Waals surface area contributed by atoms with Gasteiger partial charge in [-0.25, -0.2) is 12.7 Å². The van der Waals surface area contributed by atoms with E-state index in [-0.39, 0.29) is 4.90 Å². The lowest BCUT2D eigenvalue weighted by Gasteiger charge is -2.19. The zero-order valence-corrected chi connectivity index (χ0v) is 13.8. The molecule has 0 spiro atoms. The number of hydrogen-bond acceptors (Lipinski definition) is 4. The van der Waals surface area contributed by atoms with Crippen LogP contribution in [0.4, 0.5) is 13.2 Å². The zero-order valence-electron chi connectivity index (χ0n) is 12.1. The monoisotopic (exact) mass is 344 g/mol. The fourth-order valence-corrected chi connectivity index (χ4v) is 4.65. The Hall–Kier alpha value is -0.640. The maximum absolute atomic E-state index is 12.5. The van der Waals surface area contributed by atoms with E-state index >= 15 is 0 Å². The fraction of sp³-hybridized carbons (Fsp3) is 0.667. The lowest BCUT2D eigenvalue weighted by Crippen LogP contribution is -2.31. The standard InChI is InChI=1S/C12H19F3N2O2S2/c1-4-16-7-10-11(9(2)8-20-10)21(18,19)17(3)6-5-12(13,14)15/h8,16H,4-7H2,1-3H3. The summed E-state index contributed by atoms with van der Waals surface area (Å²) in [6.07, 6.45) is -5.53. The first-order valence-electron chi connectivity index (χ1n) is 6.40. The minimum Gasteiger partial charge on any atom is -0.312 e. The van der Waals surface area contributed by atoms with Crippen molar-refractivity contribution in [2.24, 2.45) is 0 Å². The Labute approximate surface area is 127 Å². The molecule has 0 fully saturated rings. The number of aryl methyl sites for hydroxylation is 1. The predicted octanol–water partition coefficient (Wildman–Crippen LogP) is 2.74. The van der Waals surface area contributed by atoms with Crippen LogP contribution in [0.2, 0.25) is 0 Å². The van der Waals surface area contributed by atoms with Gasteiger partial charge in [0.25, 0.3) is 0 Å². The molecule has 9 heteroatoms. The molecule has 0 aromatic carbocycles. The van der Waals surface area contributed by atoms with E-state index in [1.807, 2.05) is 6.92 Å². The predicted molar refractivity (Wildman–Crippen MR) is 76.9 cm³/mol. The van der Waals surface area contributed by atoms with Crippen LogP contribution in [0.5, 0.6) is 0 Å². The molecule has 0 unspecified atom stereocenters. The van der Waals surface area contributed by atoms with Gasteiger partial charge in [0.15, 0.2) is 0 Å². The third kappa shape index (κ3) is 4.94. The lowest BCUT2D eigenvalue weighted by atomic mass is 10.3. The van der Waals surface area contributed by atoms with Gasteiger partial charge in [-0.2, -0.15) is 13.2 Å². The molecular formula is C12H19F3N2O2S2. The highest BCUT2D eigenvalue weighted by Crippen LogP contribution is 2.30. The van der Waals surface area contributed by atoms with Crippen LogP contribution in [0.25, 0.3) is 0 Å². The van der Waals surface area contributed by atoms with Crippen molar-refractivity contribution in [2.45, 2.75) is 37.9 Å². The minimum atomic E-state index is -4.37. The van der Waals surface area contributed by atoms with Crippen LogP contribution in [-0.2, 0) is 16.6 Å². The van der Waals surface area contributed by atoms with E-state index in [2.05, 4.69) is 5.32 Å². The van der Waals surface area contributed by atoms with E-state index in [9.17, 15) is 21.6 Å². The molecule has 0 aliphatic rings. The Morgan fingerprint density at radius 1 is 1.38 bits per heavy atom. The molecule has 122 valence electrons. The van der Waals surface area contributed by atoms with Crippen LogP contribution in [0, 0.1) is 6.92 Å². The molecule has 0 aliphatic carbocycles. The number of hydrogen-bond donors (Lipinski definition) is 1. The van der Waals surface area contributed by atoms with Crippen molar-refractivity contribution < 1.29 is 21.6 Å². The molecular weight excluding hydrogens is 325 g/mol. The third-order valence-corrected chi connectivity index (χ3v) is 6.22. The zero-order chi connectivity index (χ0) is 16.3. The van der Waals surface area contributed by atoms with Gasteiger partial charge in [-0.05, 0) is 24.4 Å². The fourth-order valence-electron chi connectivity index (χ4n) is 1.75. The normalized spacial score (nSPS) is 13.1. The highest BCUT2D eigenvalue weighted by molar-refractivity contribution is 7.89. The summed E-state index contributed by atoms with van der Waals surface area (Å²) in [6, 6.07) is 0. The Balaban J connectivity index is 2.99. The molecule has 1 N–H and O–H groups in total. The van der Waals surface area contributed by atoms with Gasteiger partial charge >= 0.3 is 6.18 Å². The van der Waals surface area contributed by atoms with Crippen molar-refractivity contribution in [2.75, 3.05) is 20.1 Å². The van der Waals surface area contributed by atoms with Gasteiger partial charge in [0.05, 0.1) is 6.42 Å². The largest absolute Gasteiger partial charge is 0.390 e. The van der Waals surface area contributed by atoms with Crippen LogP contribution < -0.4 is 5.32 Å². The smallest absolute Gasteiger partial charge is 0.312 e. The van der Waals surface area contributed by atoms with Crippen molar-refractivity contribution in [3.8, 4) is 0 Å². The van der Waals surface area contributed by atoms with E-state index in [1.165, 1.54) is 18.4 Å². The number of alkyl halides is 3. The van der Waals surface area contributed by atoms with Gasteiger partial charge in [0.1, 0.15) is 4.90 Å². The van der Waals surface area contributed by atoms with Crippen molar-refractivity contribution in [3.63, 3.8) is 0 Å². The molecule has 0 amide bonds. The topological polar surface area (TPSA) is 49.4 Å². The van der Waals surface area contributed by atoms with E-state index in [4.69, 9.17) is 0 Å².